The van der Waals surface area contributed by atoms with E-state index >= 15 is 0 Å². The number of rotatable bonds is 5. The predicted octanol–water partition coefficient (Wildman–Crippen LogP) is 2.14. The molecule has 1 fully saturated rings. The van der Waals surface area contributed by atoms with Crippen molar-refractivity contribution in [3.05, 3.63) is 0 Å². The molecule has 110 valence electrons. The third kappa shape index (κ3) is 9.11. The third-order valence-electron chi connectivity index (χ3n) is 3.13. The minimum Gasteiger partial charge on any atom is -0.376 e. The first-order valence-corrected chi connectivity index (χ1v) is 6.86. The Morgan fingerprint density at radius 2 is 1.95 bits per heavy atom. The molecular weight excluding hydrogens is 353 g/mol. The van der Waals surface area contributed by atoms with Crippen LogP contribution in [-0.4, -0.2) is 38.8 Å². The summed E-state index contributed by atoms with van der Waals surface area (Å²) in [6.45, 7) is 1.98. The van der Waals surface area contributed by atoms with E-state index in [1.165, 1.54) is 38.5 Å². The van der Waals surface area contributed by atoms with Gasteiger partial charge in [0.05, 0.1) is 19.3 Å². The lowest BCUT2D eigenvalue weighted by Gasteiger charge is -2.16. The highest BCUT2D eigenvalue weighted by Gasteiger charge is 2.11. The van der Waals surface area contributed by atoms with Crippen LogP contribution in [0.3, 0.4) is 0 Å². The Hall–Kier alpha value is -0.480. The highest BCUT2D eigenvalue weighted by atomic mass is 127. The van der Waals surface area contributed by atoms with Crippen LogP contribution in [0, 0.1) is 12.3 Å². The number of hydrogen-bond donors (Lipinski definition) is 2. The Labute approximate surface area is 134 Å². The number of nitrogens with zero attached hydrogens (tertiary/aromatic N) is 1. The summed E-state index contributed by atoms with van der Waals surface area (Å²) in [6, 6.07) is 0. The highest BCUT2D eigenvalue weighted by Crippen LogP contribution is 2.19. The van der Waals surface area contributed by atoms with Gasteiger partial charge in [0.15, 0.2) is 5.96 Å². The quantitative estimate of drug-likeness (QED) is 0.192. The molecule has 2 N–H and O–H groups in total. The van der Waals surface area contributed by atoms with E-state index in [1.807, 2.05) is 0 Å². The maximum Gasteiger partial charge on any atom is 0.191 e. The fourth-order valence-corrected chi connectivity index (χ4v) is 2.16. The van der Waals surface area contributed by atoms with Gasteiger partial charge in [-0.1, -0.05) is 31.6 Å². The molecule has 0 spiro atoms. The highest BCUT2D eigenvalue weighted by molar-refractivity contribution is 14.0. The molecule has 5 heteroatoms. The lowest BCUT2D eigenvalue weighted by Crippen LogP contribution is -2.39. The van der Waals surface area contributed by atoms with Crippen molar-refractivity contribution in [3.8, 4) is 12.3 Å². The van der Waals surface area contributed by atoms with Gasteiger partial charge in [0.25, 0.3) is 0 Å². The van der Waals surface area contributed by atoms with E-state index in [1.54, 1.807) is 7.05 Å². The Morgan fingerprint density at radius 3 is 2.53 bits per heavy atom. The number of ether oxygens (including phenoxy) is 1. The topological polar surface area (TPSA) is 45.7 Å². The molecule has 0 atom stereocenters. The summed E-state index contributed by atoms with van der Waals surface area (Å²) in [4.78, 5) is 4.07. The summed E-state index contributed by atoms with van der Waals surface area (Å²) < 4.78 is 5.88. The normalized spacial score (nSPS) is 16.9. The van der Waals surface area contributed by atoms with Crippen LogP contribution in [-0.2, 0) is 4.74 Å². The second-order valence-corrected chi connectivity index (χ2v) is 4.54. The molecule has 0 saturated heterocycles. The van der Waals surface area contributed by atoms with E-state index in [9.17, 15) is 0 Å². The fourth-order valence-electron chi connectivity index (χ4n) is 2.16. The Bertz CT molecular complexity index is 281. The number of guanidine groups is 1. The average Bonchev–Trinajstić information content (AvgIpc) is 2.66. The molecule has 0 bridgehead atoms. The van der Waals surface area contributed by atoms with E-state index in [4.69, 9.17) is 11.2 Å². The van der Waals surface area contributed by atoms with Crippen molar-refractivity contribution in [2.24, 2.45) is 4.99 Å². The van der Waals surface area contributed by atoms with Gasteiger partial charge in [-0.3, -0.25) is 4.99 Å². The SMILES string of the molecule is C#CCNC(=NC)NCCOC1CCCCCC1.I. The molecule has 1 aliphatic rings. The van der Waals surface area contributed by atoms with E-state index in [-0.39, 0.29) is 24.0 Å². The maximum atomic E-state index is 5.88. The molecule has 19 heavy (non-hydrogen) atoms. The molecule has 0 radical (unpaired) electrons. The van der Waals surface area contributed by atoms with Crippen molar-refractivity contribution in [2.45, 2.75) is 44.6 Å². The van der Waals surface area contributed by atoms with E-state index in [0.717, 1.165) is 19.1 Å². The summed E-state index contributed by atoms with van der Waals surface area (Å²) in [5.74, 6) is 3.25. The van der Waals surface area contributed by atoms with E-state index < -0.39 is 0 Å². The molecule has 1 rings (SSSR count). The molecule has 1 aliphatic carbocycles. The van der Waals surface area contributed by atoms with E-state index in [2.05, 4.69) is 21.5 Å². The number of nitrogens with one attached hydrogen (secondary N) is 2. The van der Waals surface area contributed by atoms with Crippen molar-refractivity contribution in [3.63, 3.8) is 0 Å². The zero-order valence-electron chi connectivity index (χ0n) is 11.8. The fraction of sp³-hybridized carbons (Fsp3) is 0.786. The lowest BCUT2D eigenvalue weighted by molar-refractivity contribution is 0.0468. The smallest absolute Gasteiger partial charge is 0.191 e. The lowest BCUT2D eigenvalue weighted by atomic mass is 10.1. The van der Waals surface area contributed by atoms with Crippen LogP contribution in [0.1, 0.15) is 38.5 Å². The summed E-state index contributed by atoms with van der Waals surface area (Å²) in [6.07, 6.45) is 13.4. The van der Waals surface area contributed by atoms with Gasteiger partial charge in [0.2, 0.25) is 0 Å². The second kappa shape index (κ2) is 12.5. The van der Waals surface area contributed by atoms with Crippen molar-refractivity contribution < 1.29 is 4.74 Å². The molecule has 1 saturated carbocycles. The summed E-state index contributed by atoms with van der Waals surface area (Å²) in [5.41, 5.74) is 0. The summed E-state index contributed by atoms with van der Waals surface area (Å²) in [5, 5.41) is 6.19. The molecule has 0 aliphatic heterocycles. The van der Waals surface area contributed by atoms with E-state index in [0.29, 0.717) is 12.6 Å². The Morgan fingerprint density at radius 1 is 1.26 bits per heavy atom. The van der Waals surface area contributed by atoms with Gasteiger partial charge in [-0.2, -0.15) is 0 Å². The van der Waals surface area contributed by atoms with Gasteiger partial charge in [0.1, 0.15) is 0 Å². The number of aliphatic imine (C=N–C) groups is 1. The van der Waals surface area contributed by atoms with Crippen LogP contribution >= 0.6 is 24.0 Å². The van der Waals surface area contributed by atoms with Gasteiger partial charge in [-0.15, -0.1) is 30.4 Å². The number of terminal acetylenes is 1. The minimum atomic E-state index is 0. The van der Waals surface area contributed by atoms with Gasteiger partial charge in [-0.05, 0) is 12.8 Å². The zero-order valence-corrected chi connectivity index (χ0v) is 14.1. The van der Waals surface area contributed by atoms with Gasteiger partial charge < -0.3 is 15.4 Å². The monoisotopic (exact) mass is 379 g/mol. The van der Waals surface area contributed by atoms with Gasteiger partial charge in [0, 0.05) is 13.6 Å². The molecule has 0 aromatic rings. The van der Waals surface area contributed by atoms with Crippen LogP contribution < -0.4 is 10.6 Å². The average molecular weight is 379 g/mol. The van der Waals surface area contributed by atoms with Crippen LogP contribution in [0.25, 0.3) is 0 Å². The molecule has 0 heterocycles. The second-order valence-electron chi connectivity index (χ2n) is 4.54. The van der Waals surface area contributed by atoms with Crippen LogP contribution in [0.4, 0.5) is 0 Å². The molecule has 4 nitrogen and oxygen atoms in total. The minimum absolute atomic E-state index is 0. The van der Waals surface area contributed by atoms with Gasteiger partial charge >= 0.3 is 0 Å². The third-order valence-corrected chi connectivity index (χ3v) is 3.13. The molecular formula is C14H26IN3O. The van der Waals surface area contributed by atoms with Crippen LogP contribution in [0.5, 0.6) is 0 Å². The van der Waals surface area contributed by atoms with Crippen molar-refractivity contribution in [1.29, 1.82) is 0 Å². The van der Waals surface area contributed by atoms with Gasteiger partial charge in [-0.25, -0.2) is 0 Å². The first-order chi connectivity index (χ1) is 8.86. The standard InChI is InChI=1S/C14H25N3O.HI/c1-3-10-16-14(15-2)17-11-12-18-13-8-6-4-5-7-9-13;/h1,13H,4-12H2,2H3,(H2,15,16,17);1H. The predicted molar refractivity (Wildman–Crippen MR) is 91.1 cm³/mol. The Kier molecular flexibility index (Phi) is 12.2. The molecule has 0 aromatic carbocycles. The number of hydrogen-bond acceptors (Lipinski definition) is 2. The Balaban J connectivity index is 0.00000324. The maximum absolute atomic E-state index is 5.88. The van der Waals surface area contributed by atoms with Crippen molar-refractivity contribution in [2.75, 3.05) is 26.7 Å². The number of halogens is 1. The molecule has 0 amide bonds. The molecule has 0 unspecified atom stereocenters. The first kappa shape index (κ1) is 18.5. The summed E-state index contributed by atoms with van der Waals surface area (Å²) >= 11 is 0. The first-order valence-electron chi connectivity index (χ1n) is 6.86. The largest absolute Gasteiger partial charge is 0.376 e. The van der Waals surface area contributed by atoms with Crippen molar-refractivity contribution in [1.82, 2.24) is 10.6 Å². The summed E-state index contributed by atoms with van der Waals surface area (Å²) in [7, 11) is 1.73. The van der Waals surface area contributed by atoms with Crippen LogP contribution in [0.15, 0.2) is 4.99 Å². The van der Waals surface area contributed by atoms with Crippen molar-refractivity contribution >= 4 is 29.9 Å². The van der Waals surface area contributed by atoms with Crippen LogP contribution in [0.2, 0.25) is 0 Å². The zero-order chi connectivity index (χ0) is 13.1. The molecule has 0 aromatic heterocycles.